The van der Waals surface area contributed by atoms with Gasteiger partial charge in [0.1, 0.15) is 10.6 Å². The van der Waals surface area contributed by atoms with E-state index in [0.717, 1.165) is 0 Å². The van der Waals surface area contributed by atoms with E-state index in [4.69, 9.17) is 4.52 Å². The van der Waals surface area contributed by atoms with Gasteiger partial charge in [0.15, 0.2) is 11.5 Å². The second-order valence-electron chi connectivity index (χ2n) is 3.76. The summed E-state index contributed by atoms with van der Waals surface area (Å²) in [4.78, 5) is 4.62. The normalized spacial score (nSPS) is 10.7. The summed E-state index contributed by atoms with van der Waals surface area (Å²) in [7, 11) is 0. The maximum Gasteiger partial charge on any atom is 0.272 e. The van der Waals surface area contributed by atoms with Crippen molar-refractivity contribution < 1.29 is 19.8 Å². The molecule has 19 heavy (non-hydrogen) atoms. The minimum absolute atomic E-state index is 0.0775. The fourth-order valence-electron chi connectivity index (χ4n) is 1.56. The Morgan fingerprint density at radius 3 is 2.53 bits per heavy atom. The van der Waals surface area contributed by atoms with Crippen LogP contribution in [-0.2, 0) is 0 Å². The molecule has 6 nitrogen and oxygen atoms in total. The minimum Gasteiger partial charge on any atom is -0.506 e. The highest BCUT2D eigenvalue weighted by molar-refractivity contribution is 7.13. The first-order chi connectivity index (χ1) is 9.15. The Morgan fingerprint density at radius 1 is 1.00 bits per heavy atom. The zero-order valence-corrected chi connectivity index (χ0v) is 10.3. The SMILES string of the molecule is Oc1ccc(-c2noc(-c3sccc3O)n2)cc1O. The highest BCUT2D eigenvalue weighted by atomic mass is 32.1. The molecule has 3 rings (SSSR count). The van der Waals surface area contributed by atoms with Crippen molar-refractivity contribution in [1.82, 2.24) is 10.1 Å². The molecule has 0 atom stereocenters. The average Bonchev–Trinajstić information content (AvgIpc) is 3.01. The fraction of sp³-hybridized carbons (Fsp3) is 0. The van der Waals surface area contributed by atoms with Gasteiger partial charge in [-0.1, -0.05) is 5.16 Å². The Morgan fingerprint density at radius 2 is 1.84 bits per heavy atom. The summed E-state index contributed by atoms with van der Waals surface area (Å²) in [5.74, 6) is 0.0631. The third-order valence-electron chi connectivity index (χ3n) is 2.50. The van der Waals surface area contributed by atoms with E-state index in [1.807, 2.05) is 0 Å². The first-order valence-corrected chi connectivity index (χ1v) is 6.16. The molecule has 7 heteroatoms. The molecule has 3 aromatic rings. The van der Waals surface area contributed by atoms with Gasteiger partial charge >= 0.3 is 0 Å². The first-order valence-electron chi connectivity index (χ1n) is 5.28. The molecule has 0 radical (unpaired) electrons. The van der Waals surface area contributed by atoms with Crippen molar-refractivity contribution in [3.05, 3.63) is 29.6 Å². The Kier molecular flexibility index (Phi) is 2.60. The maximum absolute atomic E-state index is 9.57. The van der Waals surface area contributed by atoms with Gasteiger partial charge in [-0.05, 0) is 29.6 Å². The highest BCUT2D eigenvalue weighted by Gasteiger charge is 2.15. The summed E-state index contributed by atoms with van der Waals surface area (Å²) in [6.45, 7) is 0. The molecule has 2 heterocycles. The molecule has 0 unspecified atom stereocenters. The first kappa shape index (κ1) is 11.5. The van der Waals surface area contributed by atoms with Gasteiger partial charge in [-0.2, -0.15) is 4.98 Å². The second kappa shape index (κ2) is 4.29. The highest BCUT2D eigenvalue weighted by Crippen LogP contribution is 2.35. The van der Waals surface area contributed by atoms with E-state index in [0.29, 0.717) is 10.4 Å². The maximum atomic E-state index is 9.57. The van der Waals surface area contributed by atoms with Gasteiger partial charge in [0.2, 0.25) is 5.82 Å². The molecule has 3 N–H and O–H groups in total. The van der Waals surface area contributed by atoms with E-state index in [2.05, 4.69) is 10.1 Å². The summed E-state index contributed by atoms with van der Waals surface area (Å²) in [6.07, 6.45) is 0. The van der Waals surface area contributed by atoms with Gasteiger partial charge in [-0.3, -0.25) is 0 Å². The van der Waals surface area contributed by atoms with Crippen LogP contribution in [-0.4, -0.2) is 25.5 Å². The zero-order chi connectivity index (χ0) is 13.4. The van der Waals surface area contributed by atoms with Gasteiger partial charge in [0.05, 0.1) is 0 Å². The topological polar surface area (TPSA) is 99.6 Å². The molecule has 0 aliphatic rings. The summed E-state index contributed by atoms with van der Waals surface area (Å²) in [5, 5.41) is 33.7. The quantitative estimate of drug-likeness (QED) is 0.622. The monoisotopic (exact) mass is 276 g/mol. The van der Waals surface area contributed by atoms with Crippen molar-refractivity contribution in [2.75, 3.05) is 0 Å². The lowest BCUT2D eigenvalue weighted by Gasteiger charge is -1.98. The van der Waals surface area contributed by atoms with Crippen LogP contribution in [0, 0.1) is 0 Å². The zero-order valence-electron chi connectivity index (χ0n) is 9.44. The molecule has 2 aromatic heterocycles. The molecular formula is C12H8N2O4S. The van der Waals surface area contributed by atoms with Gasteiger partial charge in [-0.25, -0.2) is 0 Å². The molecule has 0 amide bonds. The average molecular weight is 276 g/mol. The van der Waals surface area contributed by atoms with E-state index in [9.17, 15) is 15.3 Å². The lowest BCUT2D eigenvalue weighted by molar-refractivity contribution is 0.403. The second-order valence-corrected chi connectivity index (χ2v) is 4.68. The Hall–Kier alpha value is -2.54. The smallest absolute Gasteiger partial charge is 0.272 e. The predicted octanol–water partition coefficient (Wildman–Crippen LogP) is 2.58. The molecule has 0 aliphatic heterocycles. The fourth-order valence-corrected chi connectivity index (χ4v) is 2.26. The van der Waals surface area contributed by atoms with E-state index >= 15 is 0 Å². The molecular weight excluding hydrogens is 268 g/mol. The van der Waals surface area contributed by atoms with Crippen LogP contribution < -0.4 is 0 Å². The van der Waals surface area contributed by atoms with Gasteiger partial charge in [-0.15, -0.1) is 11.3 Å². The Bertz CT molecular complexity index is 735. The summed E-state index contributed by atoms with van der Waals surface area (Å²) < 4.78 is 5.06. The number of aromatic hydroxyl groups is 3. The third kappa shape index (κ3) is 2.00. The van der Waals surface area contributed by atoms with E-state index in [1.165, 1.54) is 29.5 Å². The third-order valence-corrected chi connectivity index (χ3v) is 3.39. The lowest BCUT2D eigenvalue weighted by Crippen LogP contribution is -1.80. The van der Waals surface area contributed by atoms with Crippen LogP contribution in [0.25, 0.3) is 22.2 Å². The number of hydrogen-bond acceptors (Lipinski definition) is 7. The van der Waals surface area contributed by atoms with E-state index in [-0.39, 0.29) is 29.0 Å². The number of benzene rings is 1. The van der Waals surface area contributed by atoms with Crippen molar-refractivity contribution in [3.63, 3.8) is 0 Å². The number of nitrogens with zero attached hydrogens (tertiary/aromatic N) is 2. The minimum atomic E-state index is -0.261. The van der Waals surface area contributed by atoms with Crippen LogP contribution in [0.5, 0.6) is 17.2 Å². The molecule has 0 saturated carbocycles. The van der Waals surface area contributed by atoms with Crippen molar-refractivity contribution in [3.8, 4) is 39.4 Å². The molecule has 0 aliphatic carbocycles. The number of hydrogen-bond donors (Lipinski definition) is 3. The molecule has 1 aromatic carbocycles. The molecule has 0 spiro atoms. The van der Waals surface area contributed by atoms with Crippen molar-refractivity contribution in [2.45, 2.75) is 0 Å². The van der Waals surface area contributed by atoms with Gasteiger partial charge < -0.3 is 19.8 Å². The summed E-state index contributed by atoms with van der Waals surface area (Å²) in [6, 6.07) is 5.76. The standard InChI is InChI=1S/C12H8N2O4S/c15-7-2-1-6(5-9(7)17)11-13-12(18-14-11)10-8(16)3-4-19-10/h1-5,15-17H. The number of phenolic OH excluding ortho intramolecular Hbond substituents is 2. The van der Waals surface area contributed by atoms with Gasteiger partial charge in [0, 0.05) is 5.56 Å². The van der Waals surface area contributed by atoms with Crippen LogP contribution in [0.3, 0.4) is 0 Å². The van der Waals surface area contributed by atoms with Crippen LogP contribution in [0.2, 0.25) is 0 Å². The van der Waals surface area contributed by atoms with Crippen molar-refractivity contribution in [1.29, 1.82) is 0 Å². The number of aromatic nitrogens is 2. The summed E-state index contributed by atoms with van der Waals surface area (Å²) >= 11 is 1.28. The number of rotatable bonds is 2. The van der Waals surface area contributed by atoms with Crippen LogP contribution >= 0.6 is 11.3 Å². The van der Waals surface area contributed by atoms with Crippen molar-refractivity contribution >= 4 is 11.3 Å². The van der Waals surface area contributed by atoms with Gasteiger partial charge in [0.25, 0.3) is 5.89 Å². The Labute approximate surface area is 111 Å². The molecule has 0 fully saturated rings. The number of phenols is 2. The van der Waals surface area contributed by atoms with E-state index in [1.54, 1.807) is 11.4 Å². The molecule has 96 valence electrons. The van der Waals surface area contributed by atoms with Crippen molar-refractivity contribution in [2.24, 2.45) is 0 Å². The number of thiophene rings is 1. The molecule has 0 bridgehead atoms. The van der Waals surface area contributed by atoms with E-state index < -0.39 is 0 Å². The predicted molar refractivity (Wildman–Crippen MR) is 68.0 cm³/mol. The lowest BCUT2D eigenvalue weighted by atomic mass is 10.2. The summed E-state index contributed by atoms with van der Waals surface area (Å²) in [5.41, 5.74) is 0.501. The van der Waals surface area contributed by atoms with Crippen LogP contribution in [0.15, 0.2) is 34.2 Å². The molecule has 0 saturated heterocycles. The Balaban J connectivity index is 2.01. The van der Waals surface area contributed by atoms with Crippen LogP contribution in [0.4, 0.5) is 0 Å². The van der Waals surface area contributed by atoms with Crippen LogP contribution in [0.1, 0.15) is 0 Å². The largest absolute Gasteiger partial charge is 0.506 e.